The van der Waals surface area contributed by atoms with Gasteiger partial charge in [0.25, 0.3) is 0 Å². The predicted octanol–water partition coefficient (Wildman–Crippen LogP) is 1.26. The van der Waals surface area contributed by atoms with Gasteiger partial charge in [0, 0.05) is 24.8 Å². The van der Waals surface area contributed by atoms with Crippen LogP contribution < -0.4 is 5.32 Å². The van der Waals surface area contributed by atoms with Gasteiger partial charge in [-0.3, -0.25) is 14.9 Å². The van der Waals surface area contributed by atoms with Crippen molar-refractivity contribution in [3.8, 4) is 0 Å². The van der Waals surface area contributed by atoms with E-state index in [0.717, 1.165) is 0 Å². The molecule has 0 aromatic rings. The quantitative estimate of drug-likeness (QED) is 0.314. The van der Waals surface area contributed by atoms with E-state index in [2.05, 4.69) is 10.5 Å². The van der Waals surface area contributed by atoms with Gasteiger partial charge in [-0.25, -0.2) is 0 Å². The SMILES string of the molecule is CCC(C(C)=CC(CNC(C)=O)N=O)[N+](=O)[O-]. The highest BCUT2D eigenvalue weighted by atomic mass is 16.6. The monoisotopic (exact) mass is 243 g/mol. The van der Waals surface area contributed by atoms with E-state index in [1.165, 1.54) is 13.0 Å². The van der Waals surface area contributed by atoms with Crippen molar-refractivity contribution in [3.63, 3.8) is 0 Å². The first-order valence-corrected chi connectivity index (χ1v) is 5.31. The molecule has 7 nitrogen and oxygen atoms in total. The Morgan fingerprint density at radius 3 is 2.47 bits per heavy atom. The van der Waals surface area contributed by atoms with Crippen LogP contribution in [0.3, 0.4) is 0 Å². The van der Waals surface area contributed by atoms with Crippen LogP contribution in [0.4, 0.5) is 0 Å². The Balaban J connectivity index is 4.64. The van der Waals surface area contributed by atoms with Gasteiger partial charge < -0.3 is 5.32 Å². The highest BCUT2D eigenvalue weighted by molar-refractivity contribution is 5.72. The van der Waals surface area contributed by atoms with Gasteiger partial charge >= 0.3 is 0 Å². The number of hydrogen-bond acceptors (Lipinski definition) is 5. The Bertz CT molecular complexity index is 328. The van der Waals surface area contributed by atoms with E-state index in [-0.39, 0.29) is 12.5 Å². The van der Waals surface area contributed by atoms with Crippen molar-refractivity contribution in [2.45, 2.75) is 39.3 Å². The summed E-state index contributed by atoms with van der Waals surface area (Å²) in [4.78, 5) is 31.5. The normalized spacial score (nSPS) is 14.9. The molecule has 0 rings (SSSR count). The van der Waals surface area contributed by atoms with Gasteiger partial charge in [0.05, 0.1) is 0 Å². The second-order valence-electron chi connectivity index (χ2n) is 3.73. The molecule has 96 valence electrons. The molecule has 0 saturated carbocycles. The summed E-state index contributed by atoms with van der Waals surface area (Å²) in [6.07, 6.45) is 1.78. The number of rotatable bonds is 7. The van der Waals surface area contributed by atoms with Gasteiger partial charge in [-0.1, -0.05) is 12.1 Å². The number of nitroso groups, excluding NO2 is 1. The summed E-state index contributed by atoms with van der Waals surface area (Å²) in [6, 6.07) is -1.58. The Kier molecular flexibility index (Phi) is 6.69. The topological polar surface area (TPSA) is 102 Å². The fourth-order valence-electron chi connectivity index (χ4n) is 1.43. The van der Waals surface area contributed by atoms with Gasteiger partial charge in [-0.2, -0.15) is 4.91 Å². The average Bonchev–Trinajstić information content (AvgIpc) is 2.24. The highest BCUT2D eigenvalue weighted by Crippen LogP contribution is 2.11. The van der Waals surface area contributed by atoms with Crippen LogP contribution in [0.5, 0.6) is 0 Å². The van der Waals surface area contributed by atoms with Crippen LogP contribution in [0.1, 0.15) is 27.2 Å². The summed E-state index contributed by atoms with van der Waals surface area (Å²) >= 11 is 0. The number of carbonyl (C=O) groups is 1. The van der Waals surface area contributed by atoms with E-state index in [0.29, 0.717) is 12.0 Å². The molecule has 0 radical (unpaired) electrons. The minimum atomic E-state index is -0.809. The number of nitrogens with one attached hydrogen (secondary N) is 1. The standard InChI is InChI=1S/C10H17N3O4/c1-4-10(13(16)17)7(2)5-9(12-15)6-11-8(3)14/h5,9-10H,4,6H2,1-3H3,(H,11,14). The molecular formula is C10H17N3O4. The molecule has 0 aliphatic carbocycles. The molecule has 7 heteroatoms. The molecule has 0 bridgehead atoms. The summed E-state index contributed by atoms with van der Waals surface area (Å²) in [5.74, 6) is -0.272. The van der Waals surface area contributed by atoms with E-state index in [1.807, 2.05) is 0 Å². The summed E-state index contributed by atoms with van der Waals surface area (Å²) in [7, 11) is 0. The minimum absolute atomic E-state index is 0.0598. The summed E-state index contributed by atoms with van der Waals surface area (Å²) in [6.45, 7) is 4.67. The maximum Gasteiger partial charge on any atom is 0.233 e. The molecule has 0 heterocycles. The average molecular weight is 243 g/mol. The van der Waals surface area contributed by atoms with Gasteiger partial charge in [-0.05, 0) is 18.6 Å². The number of hydrogen-bond donors (Lipinski definition) is 1. The molecular weight excluding hydrogens is 226 g/mol. The van der Waals surface area contributed by atoms with Crippen LogP contribution in [0, 0.1) is 15.0 Å². The van der Waals surface area contributed by atoms with E-state index in [4.69, 9.17) is 0 Å². The third kappa shape index (κ3) is 5.74. The third-order valence-corrected chi connectivity index (χ3v) is 2.32. The first kappa shape index (κ1) is 15.2. The van der Waals surface area contributed by atoms with Crippen molar-refractivity contribution < 1.29 is 9.72 Å². The second kappa shape index (κ2) is 7.48. The zero-order valence-electron chi connectivity index (χ0n) is 10.2. The first-order chi connectivity index (χ1) is 7.92. The molecule has 0 aromatic carbocycles. The maximum atomic E-state index is 10.7. The zero-order valence-corrected chi connectivity index (χ0v) is 10.2. The molecule has 1 N–H and O–H groups in total. The van der Waals surface area contributed by atoms with E-state index >= 15 is 0 Å². The number of amides is 1. The predicted molar refractivity (Wildman–Crippen MR) is 63.1 cm³/mol. The molecule has 0 aliphatic rings. The largest absolute Gasteiger partial charge is 0.354 e. The molecule has 2 unspecified atom stereocenters. The van der Waals surface area contributed by atoms with Crippen molar-refractivity contribution >= 4 is 5.91 Å². The summed E-state index contributed by atoms with van der Waals surface area (Å²) in [5, 5.41) is 15.9. The fourth-order valence-corrected chi connectivity index (χ4v) is 1.43. The number of nitro groups is 1. The molecule has 0 aromatic heterocycles. The zero-order chi connectivity index (χ0) is 13.4. The van der Waals surface area contributed by atoms with Crippen LogP contribution in [0.15, 0.2) is 16.8 Å². The van der Waals surface area contributed by atoms with Crippen LogP contribution >= 0.6 is 0 Å². The third-order valence-electron chi connectivity index (χ3n) is 2.32. The minimum Gasteiger partial charge on any atom is -0.354 e. The first-order valence-electron chi connectivity index (χ1n) is 5.31. The van der Waals surface area contributed by atoms with Crippen molar-refractivity contribution in [1.29, 1.82) is 0 Å². The lowest BCUT2D eigenvalue weighted by Gasteiger charge is -2.10. The summed E-state index contributed by atoms with van der Waals surface area (Å²) in [5.41, 5.74) is 0.479. The lowest BCUT2D eigenvalue weighted by Crippen LogP contribution is -2.29. The van der Waals surface area contributed by atoms with E-state index in [1.54, 1.807) is 13.8 Å². The molecule has 0 spiro atoms. The molecule has 0 fully saturated rings. The molecule has 1 amide bonds. The lowest BCUT2D eigenvalue weighted by atomic mass is 10.0. The van der Waals surface area contributed by atoms with Crippen molar-refractivity contribution in [2.75, 3.05) is 6.54 Å². The van der Waals surface area contributed by atoms with Gasteiger partial charge in [0.15, 0.2) is 0 Å². The highest BCUT2D eigenvalue weighted by Gasteiger charge is 2.21. The smallest absolute Gasteiger partial charge is 0.233 e. The van der Waals surface area contributed by atoms with Gasteiger partial charge in [0.1, 0.15) is 6.04 Å². The van der Waals surface area contributed by atoms with Gasteiger partial charge in [0.2, 0.25) is 11.9 Å². The Morgan fingerprint density at radius 1 is 1.53 bits per heavy atom. The second-order valence-corrected chi connectivity index (χ2v) is 3.73. The van der Waals surface area contributed by atoms with Crippen LogP contribution in [0.2, 0.25) is 0 Å². The van der Waals surface area contributed by atoms with Crippen LogP contribution in [0.25, 0.3) is 0 Å². The Labute approximate surface area is 99.4 Å². The van der Waals surface area contributed by atoms with Crippen LogP contribution in [-0.4, -0.2) is 29.5 Å². The van der Waals surface area contributed by atoms with Crippen molar-refractivity contribution in [1.82, 2.24) is 5.32 Å². The Morgan fingerprint density at radius 2 is 2.12 bits per heavy atom. The van der Waals surface area contributed by atoms with Crippen molar-refractivity contribution in [3.05, 3.63) is 26.7 Å². The number of nitrogens with zero attached hydrogens (tertiary/aromatic N) is 2. The molecule has 0 aliphatic heterocycles. The summed E-state index contributed by atoms with van der Waals surface area (Å²) < 4.78 is 0. The Hall–Kier alpha value is -1.79. The van der Waals surface area contributed by atoms with E-state index in [9.17, 15) is 19.8 Å². The maximum absolute atomic E-state index is 10.7. The van der Waals surface area contributed by atoms with E-state index < -0.39 is 17.0 Å². The van der Waals surface area contributed by atoms with Gasteiger partial charge in [-0.15, -0.1) is 0 Å². The molecule has 0 saturated heterocycles. The van der Waals surface area contributed by atoms with Crippen LogP contribution in [-0.2, 0) is 4.79 Å². The molecule has 17 heavy (non-hydrogen) atoms. The molecule has 2 atom stereocenters. The van der Waals surface area contributed by atoms with Crippen molar-refractivity contribution in [2.24, 2.45) is 5.18 Å². The fraction of sp³-hybridized carbons (Fsp3) is 0.700. The number of carbonyl (C=O) groups excluding carboxylic acids is 1. The lowest BCUT2D eigenvalue weighted by molar-refractivity contribution is -0.512.